The van der Waals surface area contributed by atoms with Crippen molar-refractivity contribution in [2.45, 2.75) is 0 Å². The molecule has 3 heteroatoms. The average Bonchev–Trinajstić information content (AvgIpc) is 2.95. The van der Waals surface area contributed by atoms with Gasteiger partial charge in [0.25, 0.3) is 0 Å². The summed E-state index contributed by atoms with van der Waals surface area (Å²) in [6.07, 6.45) is 0. The number of para-hydroxylation sites is 2. The standard InChI is InChI=1S/C20H17NO2/c22-13-14-23-16-11-9-15(10-12-16)21-19-7-3-1-5-17(19)18-6-2-4-8-20(18)21/h1-12,22H,13-14H2. The maximum atomic E-state index is 8.84. The van der Waals surface area contributed by atoms with Crippen molar-refractivity contribution in [2.24, 2.45) is 0 Å². The van der Waals surface area contributed by atoms with Gasteiger partial charge in [-0.05, 0) is 36.4 Å². The van der Waals surface area contributed by atoms with Crippen LogP contribution in [0.15, 0.2) is 72.8 Å². The highest BCUT2D eigenvalue weighted by atomic mass is 16.5. The van der Waals surface area contributed by atoms with E-state index in [0.717, 1.165) is 11.4 Å². The molecule has 0 unspecified atom stereocenters. The van der Waals surface area contributed by atoms with E-state index in [-0.39, 0.29) is 6.61 Å². The normalized spacial score (nSPS) is 11.2. The first-order chi connectivity index (χ1) is 11.4. The average molecular weight is 303 g/mol. The minimum absolute atomic E-state index is 0.0224. The molecule has 3 nitrogen and oxygen atoms in total. The third-order valence-corrected chi connectivity index (χ3v) is 4.04. The van der Waals surface area contributed by atoms with E-state index in [1.54, 1.807) is 0 Å². The second kappa shape index (κ2) is 5.78. The molecule has 23 heavy (non-hydrogen) atoms. The highest BCUT2D eigenvalue weighted by Crippen LogP contribution is 2.32. The van der Waals surface area contributed by atoms with Gasteiger partial charge in [-0.2, -0.15) is 0 Å². The summed E-state index contributed by atoms with van der Waals surface area (Å²) in [7, 11) is 0. The van der Waals surface area contributed by atoms with Crippen molar-refractivity contribution in [1.29, 1.82) is 0 Å². The molecule has 1 N–H and O–H groups in total. The molecule has 0 aliphatic carbocycles. The van der Waals surface area contributed by atoms with Crippen LogP contribution in [0.1, 0.15) is 0 Å². The summed E-state index contributed by atoms with van der Waals surface area (Å²) >= 11 is 0. The molecule has 4 aromatic rings. The van der Waals surface area contributed by atoms with Crippen LogP contribution < -0.4 is 4.74 Å². The molecule has 0 bridgehead atoms. The SMILES string of the molecule is OCCOc1ccc(-n2c3ccccc3c3ccccc32)cc1. The van der Waals surface area contributed by atoms with E-state index in [1.165, 1.54) is 21.8 Å². The number of fused-ring (bicyclic) bond motifs is 3. The van der Waals surface area contributed by atoms with Gasteiger partial charge >= 0.3 is 0 Å². The molecule has 1 aromatic heterocycles. The number of hydrogen-bond acceptors (Lipinski definition) is 2. The lowest BCUT2D eigenvalue weighted by molar-refractivity contribution is 0.201. The first kappa shape index (κ1) is 13.9. The number of aliphatic hydroxyl groups excluding tert-OH is 1. The number of ether oxygens (including phenoxy) is 1. The molecular weight excluding hydrogens is 286 g/mol. The molecule has 0 radical (unpaired) electrons. The third-order valence-electron chi connectivity index (χ3n) is 4.04. The second-order valence-electron chi connectivity index (χ2n) is 5.44. The quantitative estimate of drug-likeness (QED) is 0.614. The van der Waals surface area contributed by atoms with Crippen LogP contribution in [-0.4, -0.2) is 22.9 Å². The smallest absolute Gasteiger partial charge is 0.119 e. The predicted molar refractivity (Wildman–Crippen MR) is 93.4 cm³/mol. The number of hydrogen-bond donors (Lipinski definition) is 1. The Morgan fingerprint density at radius 1 is 0.739 bits per heavy atom. The molecule has 4 rings (SSSR count). The molecule has 0 saturated carbocycles. The Morgan fingerprint density at radius 2 is 1.30 bits per heavy atom. The molecule has 0 spiro atoms. The molecule has 0 atom stereocenters. The van der Waals surface area contributed by atoms with Gasteiger partial charge < -0.3 is 14.4 Å². The van der Waals surface area contributed by atoms with E-state index in [1.807, 2.05) is 24.3 Å². The fourth-order valence-corrected chi connectivity index (χ4v) is 3.06. The Morgan fingerprint density at radius 3 is 1.87 bits per heavy atom. The number of aliphatic hydroxyl groups is 1. The van der Waals surface area contributed by atoms with Gasteiger partial charge in [0.15, 0.2) is 0 Å². The van der Waals surface area contributed by atoms with Crippen molar-refractivity contribution in [3.63, 3.8) is 0 Å². The molecular formula is C20H17NO2. The van der Waals surface area contributed by atoms with E-state index in [0.29, 0.717) is 6.61 Å². The zero-order valence-electron chi connectivity index (χ0n) is 12.6. The molecule has 0 saturated heterocycles. The molecule has 0 aliphatic heterocycles. The first-order valence-corrected chi connectivity index (χ1v) is 7.71. The summed E-state index contributed by atoms with van der Waals surface area (Å²) < 4.78 is 7.71. The largest absolute Gasteiger partial charge is 0.491 e. The number of rotatable bonds is 4. The second-order valence-corrected chi connectivity index (χ2v) is 5.44. The lowest BCUT2D eigenvalue weighted by Crippen LogP contribution is -2.01. The van der Waals surface area contributed by atoms with Crippen molar-refractivity contribution < 1.29 is 9.84 Å². The maximum Gasteiger partial charge on any atom is 0.119 e. The van der Waals surface area contributed by atoms with Crippen LogP contribution in [0.3, 0.4) is 0 Å². The van der Waals surface area contributed by atoms with Gasteiger partial charge in [0.1, 0.15) is 12.4 Å². The third kappa shape index (κ3) is 2.35. The van der Waals surface area contributed by atoms with E-state index >= 15 is 0 Å². The summed E-state index contributed by atoms with van der Waals surface area (Å²) in [5, 5.41) is 11.3. The molecule has 0 amide bonds. The fraction of sp³-hybridized carbons (Fsp3) is 0.100. The van der Waals surface area contributed by atoms with Gasteiger partial charge in [-0.15, -0.1) is 0 Å². The van der Waals surface area contributed by atoms with E-state index in [4.69, 9.17) is 9.84 Å². The van der Waals surface area contributed by atoms with Gasteiger partial charge in [0.05, 0.1) is 17.6 Å². The minimum atomic E-state index is 0.0224. The zero-order valence-corrected chi connectivity index (χ0v) is 12.6. The van der Waals surface area contributed by atoms with Crippen LogP contribution in [0.4, 0.5) is 0 Å². The number of benzene rings is 3. The molecule has 1 heterocycles. The topological polar surface area (TPSA) is 34.4 Å². The van der Waals surface area contributed by atoms with Crippen molar-refractivity contribution in [2.75, 3.05) is 13.2 Å². The van der Waals surface area contributed by atoms with Crippen LogP contribution in [0.25, 0.3) is 27.5 Å². The summed E-state index contributed by atoms with van der Waals surface area (Å²) in [4.78, 5) is 0. The van der Waals surface area contributed by atoms with Gasteiger partial charge in [0.2, 0.25) is 0 Å². The Bertz CT molecular complexity index is 901. The molecule has 114 valence electrons. The predicted octanol–water partition coefficient (Wildman–Crippen LogP) is 4.15. The summed E-state index contributed by atoms with van der Waals surface area (Å²) in [5.41, 5.74) is 3.48. The number of nitrogens with zero attached hydrogens (tertiary/aromatic N) is 1. The Labute approximate surface area is 134 Å². The van der Waals surface area contributed by atoms with E-state index < -0.39 is 0 Å². The van der Waals surface area contributed by atoms with Gasteiger partial charge in [-0.3, -0.25) is 0 Å². The Kier molecular flexibility index (Phi) is 3.48. The number of aromatic nitrogens is 1. The van der Waals surface area contributed by atoms with Gasteiger partial charge in [0, 0.05) is 16.5 Å². The van der Waals surface area contributed by atoms with Crippen LogP contribution in [0.2, 0.25) is 0 Å². The van der Waals surface area contributed by atoms with Crippen molar-refractivity contribution in [1.82, 2.24) is 4.57 Å². The monoisotopic (exact) mass is 303 g/mol. The van der Waals surface area contributed by atoms with Crippen molar-refractivity contribution >= 4 is 21.8 Å². The minimum Gasteiger partial charge on any atom is -0.491 e. The van der Waals surface area contributed by atoms with Crippen molar-refractivity contribution in [3.05, 3.63) is 72.8 Å². The van der Waals surface area contributed by atoms with Crippen LogP contribution >= 0.6 is 0 Å². The fourth-order valence-electron chi connectivity index (χ4n) is 3.06. The van der Waals surface area contributed by atoms with Gasteiger partial charge in [-0.1, -0.05) is 36.4 Å². The zero-order chi connectivity index (χ0) is 15.6. The summed E-state index contributed by atoms with van der Waals surface area (Å²) in [5.74, 6) is 0.767. The maximum absolute atomic E-state index is 8.84. The van der Waals surface area contributed by atoms with Crippen molar-refractivity contribution in [3.8, 4) is 11.4 Å². The van der Waals surface area contributed by atoms with E-state index in [2.05, 4.69) is 53.1 Å². The molecule has 0 fully saturated rings. The Hall–Kier alpha value is -2.78. The van der Waals surface area contributed by atoms with Crippen LogP contribution in [0, 0.1) is 0 Å². The first-order valence-electron chi connectivity index (χ1n) is 7.71. The van der Waals surface area contributed by atoms with E-state index in [9.17, 15) is 0 Å². The van der Waals surface area contributed by atoms with Crippen LogP contribution in [-0.2, 0) is 0 Å². The molecule has 3 aromatic carbocycles. The highest BCUT2D eigenvalue weighted by Gasteiger charge is 2.10. The lowest BCUT2D eigenvalue weighted by Gasteiger charge is -2.09. The summed E-state index contributed by atoms with van der Waals surface area (Å²) in [6.45, 7) is 0.337. The summed E-state index contributed by atoms with van der Waals surface area (Å²) in [6, 6.07) is 24.9. The highest BCUT2D eigenvalue weighted by molar-refractivity contribution is 6.09. The molecule has 0 aliphatic rings. The van der Waals surface area contributed by atoms with Gasteiger partial charge in [-0.25, -0.2) is 0 Å². The lowest BCUT2D eigenvalue weighted by atomic mass is 10.2. The Balaban J connectivity index is 1.90. The van der Waals surface area contributed by atoms with Crippen LogP contribution in [0.5, 0.6) is 5.75 Å².